The van der Waals surface area contributed by atoms with Crippen molar-refractivity contribution >= 4 is 21.7 Å². The first kappa shape index (κ1) is 34.5. The monoisotopic (exact) mass is 807 g/mol. The summed E-state index contributed by atoms with van der Waals surface area (Å²) in [6, 6.07) is 84.3. The van der Waals surface area contributed by atoms with E-state index >= 15 is 0 Å². The highest BCUT2D eigenvalue weighted by molar-refractivity contribution is 6.14. The summed E-state index contributed by atoms with van der Waals surface area (Å²) < 4.78 is 0. The summed E-state index contributed by atoms with van der Waals surface area (Å²) in [7, 11) is 0. The number of hydrogen-bond acceptors (Lipinski definition) is 1. The highest BCUT2D eigenvalue weighted by Gasteiger charge is 2.53. The normalized spacial score (nSPS) is 14.5. The van der Waals surface area contributed by atoms with Crippen LogP contribution in [0.3, 0.4) is 0 Å². The van der Waals surface area contributed by atoms with E-state index in [9.17, 15) is 0 Å². The van der Waals surface area contributed by atoms with Crippen molar-refractivity contribution < 1.29 is 0 Å². The molecule has 1 aromatic heterocycles. The molecule has 0 radical (unpaired) electrons. The first-order valence-electron chi connectivity index (χ1n) is 22.5. The molecular weight excluding hydrogens is 771 g/mol. The van der Waals surface area contributed by atoms with E-state index in [0.29, 0.717) is 0 Å². The molecule has 0 unspecified atom stereocenters. The van der Waals surface area contributed by atoms with Gasteiger partial charge in [0.25, 0.3) is 0 Å². The molecule has 0 N–H and O–H groups in total. The fourth-order valence-electron chi connectivity index (χ4n) is 12.9. The van der Waals surface area contributed by atoms with Gasteiger partial charge in [-0.05, 0) is 130 Å². The first-order chi connectivity index (χ1) is 31.7. The minimum Gasteiger partial charge on any atom is -0.247 e. The molecule has 294 valence electrons. The number of fused-ring (bicyclic) bond motifs is 23. The molecular formula is C63H37N. The SMILES string of the molecule is c1ccc2c(c1)-c1ccccc1C21c2ccccc2-c2ccc(-c3ccc(-c4nc5ccccc5c5cc6c(cc45)C4(c5ccccc5-c5ccccc54)c4ccccc4-6)cc3)cc21. The Morgan fingerprint density at radius 2 is 0.609 bits per heavy atom. The van der Waals surface area contributed by atoms with Gasteiger partial charge in [-0.2, -0.15) is 0 Å². The lowest BCUT2D eigenvalue weighted by Crippen LogP contribution is -2.25. The average Bonchev–Trinajstić information content (AvgIpc) is 4.04. The Kier molecular flexibility index (Phi) is 6.61. The highest BCUT2D eigenvalue weighted by Crippen LogP contribution is 2.65. The van der Waals surface area contributed by atoms with Crippen LogP contribution in [0.25, 0.3) is 88.6 Å². The molecule has 0 saturated carbocycles. The van der Waals surface area contributed by atoms with E-state index in [1.807, 2.05) is 0 Å². The van der Waals surface area contributed by atoms with Crippen LogP contribution in [0.2, 0.25) is 0 Å². The van der Waals surface area contributed by atoms with Crippen molar-refractivity contribution in [1.29, 1.82) is 0 Å². The van der Waals surface area contributed by atoms with E-state index in [1.165, 1.54) is 116 Å². The lowest BCUT2D eigenvalue weighted by atomic mass is 9.70. The fraction of sp³-hybridized carbons (Fsp3) is 0.0317. The zero-order valence-corrected chi connectivity index (χ0v) is 34.8. The molecule has 2 spiro atoms. The van der Waals surface area contributed by atoms with Crippen LogP contribution in [0, 0.1) is 0 Å². The molecule has 10 aromatic carbocycles. The fourth-order valence-corrected chi connectivity index (χ4v) is 12.9. The van der Waals surface area contributed by atoms with Gasteiger partial charge in [0.2, 0.25) is 0 Å². The molecule has 15 rings (SSSR count). The lowest BCUT2D eigenvalue weighted by Gasteiger charge is -2.30. The van der Waals surface area contributed by atoms with Crippen molar-refractivity contribution in [2.24, 2.45) is 0 Å². The van der Waals surface area contributed by atoms with Gasteiger partial charge in [-0.15, -0.1) is 0 Å². The molecule has 1 heteroatoms. The van der Waals surface area contributed by atoms with Crippen molar-refractivity contribution in [1.82, 2.24) is 4.98 Å². The number of hydrogen-bond donors (Lipinski definition) is 0. The van der Waals surface area contributed by atoms with E-state index in [4.69, 9.17) is 4.98 Å². The van der Waals surface area contributed by atoms with Gasteiger partial charge in [0.1, 0.15) is 0 Å². The topological polar surface area (TPSA) is 12.9 Å². The average molecular weight is 808 g/mol. The maximum atomic E-state index is 5.52. The van der Waals surface area contributed by atoms with Crippen molar-refractivity contribution in [3.8, 4) is 66.9 Å². The van der Waals surface area contributed by atoms with Gasteiger partial charge >= 0.3 is 0 Å². The minimum absolute atomic E-state index is 0.374. The van der Waals surface area contributed by atoms with Gasteiger partial charge in [0.05, 0.1) is 22.0 Å². The standard InChI is InChI=1S/C63H37N/c1-8-22-52-41(15-1)42-16-2-9-23-53(42)62(52)56-26-12-5-19-45(56)47-34-33-40(35-58(47)62)38-29-31-39(32-30-38)61-51-37-59-50(36-49(51)48-21-7-14-28-60(48)64-61)46-20-6-13-27-57(46)63(59)54-24-10-3-17-43(54)44-18-4-11-25-55(44)63/h1-37H. The second-order valence-corrected chi connectivity index (χ2v) is 18.0. The van der Waals surface area contributed by atoms with Crippen molar-refractivity contribution in [2.75, 3.05) is 0 Å². The van der Waals surface area contributed by atoms with Crippen LogP contribution in [0.5, 0.6) is 0 Å². The molecule has 0 saturated heterocycles. The zero-order valence-electron chi connectivity index (χ0n) is 34.8. The van der Waals surface area contributed by atoms with Crippen molar-refractivity contribution in [2.45, 2.75) is 10.8 Å². The van der Waals surface area contributed by atoms with E-state index in [-0.39, 0.29) is 5.41 Å². The zero-order chi connectivity index (χ0) is 41.7. The largest absolute Gasteiger partial charge is 0.247 e. The molecule has 4 aliphatic rings. The van der Waals surface area contributed by atoms with E-state index in [0.717, 1.165) is 16.8 Å². The maximum absolute atomic E-state index is 5.52. The Morgan fingerprint density at radius 3 is 1.11 bits per heavy atom. The van der Waals surface area contributed by atoms with Crippen LogP contribution in [0.4, 0.5) is 0 Å². The molecule has 0 fully saturated rings. The van der Waals surface area contributed by atoms with Crippen LogP contribution in [-0.2, 0) is 10.8 Å². The Labute approximate surface area is 371 Å². The number of benzene rings is 10. The Hall–Kier alpha value is -8.13. The quantitative estimate of drug-likeness (QED) is 0.159. The Bertz CT molecular complexity index is 3740. The number of rotatable bonds is 2. The van der Waals surface area contributed by atoms with Gasteiger partial charge in [-0.25, -0.2) is 4.98 Å². The summed E-state index contributed by atoms with van der Waals surface area (Å²) in [5.74, 6) is 0. The molecule has 0 bridgehead atoms. The molecule has 0 amide bonds. The van der Waals surface area contributed by atoms with E-state index < -0.39 is 5.41 Å². The minimum atomic E-state index is -0.426. The second-order valence-electron chi connectivity index (χ2n) is 18.0. The van der Waals surface area contributed by atoms with Gasteiger partial charge in [-0.3, -0.25) is 0 Å². The van der Waals surface area contributed by atoms with Crippen LogP contribution in [0.1, 0.15) is 44.5 Å². The van der Waals surface area contributed by atoms with Gasteiger partial charge in [0, 0.05) is 16.3 Å². The number of aromatic nitrogens is 1. The second kappa shape index (κ2) is 12.3. The molecule has 1 nitrogen and oxygen atoms in total. The highest BCUT2D eigenvalue weighted by atomic mass is 14.7. The van der Waals surface area contributed by atoms with E-state index in [2.05, 4.69) is 224 Å². The van der Waals surface area contributed by atoms with E-state index in [1.54, 1.807) is 0 Å². The van der Waals surface area contributed by atoms with Crippen LogP contribution >= 0.6 is 0 Å². The third-order valence-electron chi connectivity index (χ3n) is 15.3. The molecule has 64 heavy (non-hydrogen) atoms. The van der Waals surface area contributed by atoms with Crippen LogP contribution < -0.4 is 0 Å². The Morgan fingerprint density at radius 1 is 0.234 bits per heavy atom. The summed E-state index contributed by atoms with van der Waals surface area (Å²) in [6.07, 6.45) is 0. The lowest BCUT2D eigenvalue weighted by molar-refractivity contribution is 0.794. The summed E-state index contributed by atoms with van der Waals surface area (Å²) >= 11 is 0. The van der Waals surface area contributed by atoms with Gasteiger partial charge in [-0.1, -0.05) is 200 Å². The number of para-hydroxylation sites is 1. The first-order valence-corrected chi connectivity index (χ1v) is 22.5. The molecule has 1 heterocycles. The summed E-state index contributed by atoms with van der Waals surface area (Å²) in [5, 5.41) is 3.58. The summed E-state index contributed by atoms with van der Waals surface area (Å²) in [5.41, 5.74) is 26.1. The number of nitrogens with zero attached hydrogens (tertiary/aromatic N) is 1. The van der Waals surface area contributed by atoms with Gasteiger partial charge < -0.3 is 0 Å². The Balaban J connectivity index is 0.928. The van der Waals surface area contributed by atoms with Crippen LogP contribution in [0.15, 0.2) is 224 Å². The van der Waals surface area contributed by atoms with Crippen molar-refractivity contribution in [3.05, 3.63) is 269 Å². The van der Waals surface area contributed by atoms with Crippen molar-refractivity contribution in [3.63, 3.8) is 0 Å². The predicted molar refractivity (Wildman–Crippen MR) is 263 cm³/mol. The van der Waals surface area contributed by atoms with Gasteiger partial charge in [0.15, 0.2) is 0 Å². The maximum Gasteiger partial charge on any atom is 0.0788 e. The third-order valence-corrected chi connectivity index (χ3v) is 15.3. The van der Waals surface area contributed by atoms with Crippen LogP contribution in [-0.4, -0.2) is 4.98 Å². The smallest absolute Gasteiger partial charge is 0.0788 e. The predicted octanol–water partition coefficient (Wildman–Crippen LogP) is 15.4. The summed E-state index contributed by atoms with van der Waals surface area (Å²) in [6.45, 7) is 0. The molecule has 4 aliphatic carbocycles. The molecule has 0 aliphatic heterocycles. The molecule has 0 atom stereocenters. The summed E-state index contributed by atoms with van der Waals surface area (Å²) in [4.78, 5) is 5.52. The number of pyridine rings is 1. The molecule has 11 aromatic rings. The third kappa shape index (κ3) is 4.09.